The Morgan fingerprint density at radius 3 is 2.86 bits per heavy atom. The lowest BCUT2D eigenvalue weighted by atomic mass is 10.3. The standard InChI is InChI=1S/C13H11BrN2O3S2/c1-2-12-15-10-7-8(3-4-11(10)19-12)16-21(17,18)13-9(14)5-6-20-13/h3-7,16H,2H2,1H3. The van der Waals surface area contributed by atoms with Gasteiger partial charge >= 0.3 is 0 Å². The van der Waals surface area contributed by atoms with Crippen LogP contribution in [-0.4, -0.2) is 13.4 Å². The van der Waals surface area contributed by atoms with Gasteiger partial charge in [-0.3, -0.25) is 4.72 Å². The van der Waals surface area contributed by atoms with E-state index >= 15 is 0 Å². The number of hydrogen-bond acceptors (Lipinski definition) is 5. The number of aromatic nitrogens is 1. The van der Waals surface area contributed by atoms with Gasteiger partial charge in [0, 0.05) is 10.9 Å². The van der Waals surface area contributed by atoms with E-state index in [1.807, 2.05) is 6.92 Å². The van der Waals surface area contributed by atoms with Crippen LogP contribution >= 0.6 is 27.3 Å². The monoisotopic (exact) mass is 386 g/mol. The second kappa shape index (κ2) is 5.43. The molecule has 0 amide bonds. The van der Waals surface area contributed by atoms with Crippen molar-refractivity contribution in [3.8, 4) is 0 Å². The lowest BCUT2D eigenvalue weighted by molar-refractivity contribution is 0.538. The SMILES string of the molecule is CCc1nc2cc(NS(=O)(=O)c3sccc3Br)ccc2o1. The van der Waals surface area contributed by atoms with Crippen molar-refractivity contribution in [3.63, 3.8) is 0 Å². The third-order valence-corrected chi connectivity index (χ3v) is 6.87. The predicted molar refractivity (Wildman–Crippen MR) is 86.2 cm³/mol. The lowest BCUT2D eigenvalue weighted by Crippen LogP contribution is -2.11. The summed E-state index contributed by atoms with van der Waals surface area (Å²) in [7, 11) is -3.60. The molecule has 5 nitrogen and oxygen atoms in total. The van der Waals surface area contributed by atoms with Gasteiger partial charge in [-0.05, 0) is 45.6 Å². The Morgan fingerprint density at radius 1 is 1.38 bits per heavy atom. The van der Waals surface area contributed by atoms with Crippen molar-refractivity contribution in [2.24, 2.45) is 0 Å². The molecular weight excluding hydrogens is 376 g/mol. The molecule has 0 saturated heterocycles. The summed E-state index contributed by atoms with van der Waals surface area (Å²) < 4.78 is 33.5. The van der Waals surface area contributed by atoms with Gasteiger partial charge in [-0.25, -0.2) is 13.4 Å². The second-order valence-corrected chi connectivity index (χ2v) is 7.95. The molecule has 8 heteroatoms. The van der Waals surface area contributed by atoms with Crippen molar-refractivity contribution in [2.45, 2.75) is 17.6 Å². The van der Waals surface area contributed by atoms with Gasteiger partial charge in [-0.2, -0.15) is 0 Å². The normalized spacial score (nSPS) is 11.9. The quantitative estimate of drug-likeness (QED) is 0.734. The highest BCUT2D eigenvalue weighted by Crippen LogP contribution is 2.30. The highest BCUT2D eigenvalue weighted by molar-refractivity contribution is 9.10. The van der Waals surface area contributed by atoms with Crippen LogP contribution in [0.2, 0.25) is 0 Å². The molecule has 1 aromatic carbocycles. The van der Waals surface area contributed by atoms with E-state index in [0.29, 0.717) is 33.6 Å². The first-order valence-electron chi connectivity index (χ1n) is 6.15. The molecule has 3 aromatic rings. The first kappa shape index (κ1) is 14.6. The molecule has 0 atom stereocenters. The number of fused-ring (bicyclic) bond motifs is 1. The Kier molecular flexibility index (Phi) is 3.76. The molecule has 2 heterocycles. The van der Waals surface area contributed by atoms with Gasteiger partial charge in [0.05, 0.1) is 5.69 Å². The summed E-state index contributed by atoms with van der Waals surface area (Å²) in [6, 6.07) is 6.74. The van der Waals surface area contributed by atoms with E-state index in [0.717, 1.165) is 11.3 Å². The largest absolute Gasteiger partial charge is 0.441 e. The van der Waals surface area contributed by atoms with Crippen molar-refractivity contribution >= 4 is 54.1 Å². The Bertz CT molecular complexity index is 899. The number of aryl methyl sites for hydroxylation is 1. The maximum Gasteiger partial charge on any atom is 0.272 e. The Balaban J connectivity index is 1.96. The number of anilines is 1. The van der Waals surface area contributed by atoms with Gasteiger partial charge in [0.1, 0.15) is 5.52 Å². The summed E-state index contributed by atoms with van der Waals surface area (Å²) in [4.78, 5) is 4.29. The first-order chi connectivity index (χ1) is 9.99. The molecule has 0 saturated carbocycles. The average molecular weight is 387 g/mol. The third kappa shape index (κ3) is 2.83. The van der Waals surface area contributed by atoms with Gasteiger partial charge in [-0.15, -0.1) is 11.3 Å². The molecule has 0 unspecified atom stereocenters. The number of hydrogen-bond donors (Lipinski definition) is 1. The van der Waals surface area contributed by atoms with E-state index < -0.39 is 10.0 Å². The van der Waals surface area contributed by atoms with Crippen LogP contribution in [0.4, 0.5) is 5.69 Å². The van der Waals surface area contributed by atoms with Crippen molar-refractivity contribution in [1.29, 1.82) is 0 Å². The van der Waals surface area contributed by atoms with Crippen LogP contribution in [0.5, 0.6) is 0 Å². The predicted octanol–water partition coefficient (Wildman–Crippen LogP) is 4.02. The Morgan fingerprint density at radius 2 is 2.19 bits per heavy atom. The van der Waals surface area contributed by atoms with Gasteiger partial charge in [0.25, 0.3) is 10.0 Å². The fourth-order valence-corrected chi connectivity index (χ4v) is 5.25. The van der Waals surface area contributed by atoms with Crippen LogP contribution in [0.1, 0.15) is 12.8 Å². The van der Waals surface area contributed by atoms with E-state index in [2.05, 4.69) is 25.6 Å². The van der Waals surface area contributed by atoms with E-state index in [1.54, 1.807) is 29.6 Å². The summed E-state index contributed by atoms with van der Waals surface area (Å²) in [5.41, 5.74) is 1.74. The average Bonchev–Trinajstić information content (AvgIpc) is 3.03. The van der Waals surface area contributed by atoms with E-state index in [-0.39, 0.29) is 4.21 Å². The Labute approximate surface area is 134 Å². The number of halogens is 1. The number of nitrogens with zero attached hydrogens (tertiary/aromatic N) is 1. The van der Waals surface area contributed by atoms with Gasteiger partial charge < -0.3 is 4.42 Å². The van der Waals surface area contributed by atoms with Gasteiger partial charge in [0.2, 0.25) is 0 Å². The summed E-state index contributed by atoms with van der Waals surface area (Å²) in [6.07, 6.45) is 0.692. The van der Waals surface area contributed by atoms with Crippen LogP contribution in [0, 0.1) is 0 Å². The summed E-state index contributed by atoms with van der Waals surface area (Å²) in [6.45, 7) is 1.95. The van der Waals surface area contributed by atoms with Crippen LogP contribution in [0.15, 0.2) is 42.7 Å². The van der Waals surface area contributed by atoms with Crippen molar-refractivity contribution in [2.75, 3.05) is 4.72 Å². The maximum absolute atomic E-state index is 12.3. The molecule has 0 aliphatic heterocycles. The summed E-state index contributed by atoms with van der Waals surface area (Å²) >= 11 is 4.39. The third-order valence-electron chi connectivity index (χ3n) is 2.82. The zero-order chi connectivity index (χ0) is 15.0. The fraction of sp³-hybridized carbons (Fsp3) is 0.154. The van der Waals surface area contributed by atoms with E-state index in [9.17, 15) is 8.42 Å². The van der Waals surface area contributed by atoms with Crippen molar-refractivity contribution in [3.05, 3.63) is 40.0 Å². The van der Waals surface area contributed by atoms with Crippen LogP contribution in [0.25, 0.3) is 11.1 Å². The molecular formula is C13H11BrN2O3S2. The van der Waals surface area contributed by atoms with E-state index in [1.165, 1.54) is 0 Å². The molecule has 0 fully saturated rings. The minimum absolute atomic E-state index is 0.247. The maximum atomic E-state index is 12.3. The highest BCUT2D eigenvalue weighted by atomic mass is 79.9. The molecule has 2 aromatic heterocycles. The number of benzene rings is 1. The molecule has 3 rings (SSSR count). The lowest BCUT2D eigenvalue weighted by Gasteiger charge is -2.06. The number of rotatable bonds is 4. The minimum atomic E-state index is -3.60. The van der Waals surface area contributed by atoms with Crippen molar-refractivity contribution < 1.29 is 12.8 Å². The number of thiophene rings is 1. The second-order valence-electron chi connectivity index (χ2n) is 4.31. The summed E-state index contributed by atoms with van der Waals surface area (Å²) in [5.74, 6) is 0.631. The highest BCUT2D eigenvalue weighted by Gasteiger charge is 2.19. The molecule has 1 N–H and O–H groups in total. The number of oxazole rings is 1. The van der Waals surface area contributed by atoms with Crippen LogP contribution in [0.3, 0.4) is 0 Å². The topological polar surface area (TPSA) is 72.2 Å². The zero-order valence-corrected chi connectivity index (χ0v) is 14.2. The Hall–Kier alpha value is -1.38. The van der Waals surface area contributed by atoms with Gasteiger partial charge in [-0.1, -0.05) is 6.92 Å². The van der Waals surface area contributed by atoms with Crippen LogP contribution in [-0.2, 0) is 16.4 Å². The van der Waals surface area contributed by atoms with Crippen LogP contribution < -0.4 is 4.72 Å². The molecule has 0 bridgehead atoms. The molecule has 0 radical (unpaired) electrons. The number of sulfonamides is 1. The first-order valence-corrected chi connectivity index (χ1v) is 9.30. The van der Waals surface area contributed by atoms with Gasteiger partial charge in [0.15, 0.2) is 15.7 Å². The molecule has 21 heavy (non-hydrogen) atoms. The smallest absolute Gasteiger partial charge is 0.272 e. The summed E-state index contributed by atoms with van der Waals surface area (Å²) in [5, 5.41) is 1.72. The molecule has 0 aliphatic carbocycles. The molecule has 0 aliphatic rings. The fourth-order valence-electron chi connectivity index (χ4n) is 1.86. The molecule has 110 valence electrons. The zero-order valence-electron chi connectivity index (χ0n) is 11.0. The van der Waals surface area contributed by atoms with Crippen molar-refractivity contribution in [1.82, 2.24) is 4.98 Å². The van der Waals surface area contributed by atoms with E-state index in [4.69, 9.17) is 4.42 Å². The molecule has 0 spiro atoms. The number of nitrogens with one attached hydrogen (secondary N) is 1. The minimum Gasteiger partial charge on any atom is -0.441 e.